The minimum Gasteiger partial charge on any atom is -0.450 e. The normalized spacial score (nSPS) is 18.7. The summed E-state index contributed by atoms with van der Waals surface area (Å²) in [4.78, 5) is 45.2. The Morgan fingerprint density at radius 1 is 0.853 bits per heavy atom. The van der Waals surface area contributed by atoms with Gasteiger partial charge >= 0.3 is 0 Å². The zero-order valence-corrected chi connectivity index (χ0v) is 18.7. The van der Waals surface area contributed by atoms with Gasteiger partial charge in [-0.25, -0.2) is 0 Å². The first-order valence-corrected chi connectivity index (χ1v) is 11.4. The van der Waals surface area contributed by atoms with Crippen molar-refractivity contribution in [2.45, 2.75) is 25.4 Å². The molecule has 3 aromatic carbocycles. The predicted molar refractivity (Wildman–Crippen MR) is 129 cm³/mol. The van der Waals surface area contributed by atoms with Gasteiger partial charge in [0.1, 0.15) is 5.58 Å². The molecule has 168 valence electrons. The van der Waals surface area contributed by atoms with Crippen LogP contribution in [0.3, 0.4) is 0 Å². The van der Waals surface area contributed by atoms with Crippen LogP contribution in [0.15, 0.2) is 88.1 Å². The summed E-state index contributed by atoms with van der Waals surface area (Å²) in [5.74, 6) is -0.771. The summed E-state index contributed by atoms with van der Waals surface area (Å²) < 4.78 is 6.02. The zero-order valence-electron chi connectivity index (χ0n) is 18.7. The van der Waals surface area contributed by atoms with Gasteiger partial charge in [-0.2, -0.15) is 0 Å². The fourth-order valence-electron chi connectivity index (χ4n) is 5.38. The average molecular weight is 450 g/mol. The Kier molecular flexibility index (Phi) is 4.45. The minimum atomic E-state index is -1.54. The summed E-state index contributed by atoms with van der Waals surface area (Å²) in [6.45, 7) is 2.60. The molecule has 0 fully saturated rings. The molecule has 2 amide bonds. The second-order valence-electron chi connectivity index (χ2n) is 8.69. The van der Waals surface area contributed by atoms with E-state index < -0.39 is 11.4 Å². The molecule has 0 unspecified atom stereocenters. The first-order chi connectivity index (χ1) is 16.6. The zero-order chi connectivity index (χ0) is 23.4. The second kappa shape index (κ2) is 7.42. The van der Waals surface area contributed by atoms with Gasteiger partial charge in [-0.15, -0.1) is 0 Å². The molecular formula is C28H22N2O4. The summed E-state index contributed by atoms with van der Waals surface area (Å²) in [6.07, 6.45) is 0.628. The van der Waals surface area contributed by atoms with Crippen LogP contribution in [0.4, 0.5) is 5.69 Å². The number of rotatable bonds is 4. The highest BCUT2D eigenvalue weighted by Crippen LogP contribution is 2.52. The third-order valence-corrected chi connectivity index (χ3v) is 6.77. The lowest BCUT2D eigenvalue weighted by Gasteiger charge is -2.34. The highest BCUT2D eigenvalue weighted by molar-refractivity contribution is 6.17. The van der Waals surface area contributed by atoms with Crippen molar-refractivity contribution in [2.75, 3.05) is 11.4 Å². The van der Waals surface area contributed by atoms with Gasteiger partial charge in [0, 0.05) is 12.1 Å². The van der Waals surface area contributed by atoms with Crippen molar-refractivity contribution < 1.29 is 14.0 Å². The van der Waals surface area contributed by atoms with E-state index >= 15 is 0 Å². The highest BCUT2D eigenvalue weighted by atomic mass is 16.3. The maximum absolute atomic E-state index is 14.4. The molecule has 6 nitrogen and oxygen atoms in total. The third-order valence-electron chi connectivity index (χ3n) is 6.77. The van der Waals surface area contributed by atoms with E-state index in [0.717, 1.165) is 5.56 Å². The Balaban J connectivity index is 1.67. The van der Waals surface area contributed by atoms with Gasteiger partial charge in [0.15, 0.2) is 11.0 Å². The first kappa shape index (κ1) is 20.4. The number of nitrogens with zero attached hydrogens (tertiary/aromatic N) is 2. The van der Waals surface area contributed by atoms with Gasteiger partial charge in [0.05, 0.1) is 23.2 Å². The van der Waals surface area contributed by atoms with Crippen LogP contribution in [0.1, 0.15) is 40.6 Å². The lowest BCUT2D eigenvalue weighted by atomic mass is 9.84. The third kappa shape index (κ3) is 2.53. The summed E-state index contributed by atoms with van der Waals surface area (Å²) in [5.41, 5.74) is 0.877. The Hall–Kier alpha value is -4.19. The lowest BCUT2D eigenvalue weighted by Crippen LogP contribution is -2.53. The Labute approximate surface area is 196 Å². The number of hydrogen-bond acceptors (Lipinski definition) is 4. The molecule has 3 heterocycles. The fourth-order valence-corrected chi connectivity index (χ4v) is 5.38. The van der Waals surface area contributed by atoms with Crippen molar-refractivity contribution >= 4 is 28.5 Å². The van der Waals surface area contributed by atoms with E-state index in [1.54, 1.807) is 29.2 Å². The number of para-hydroxylation sites is 2. The maximum Gasteiger partial charge on any atom is 0.291 e. The van der Waals surface area contributed by atoms with Gasteiger partial charge in [-0.3, -0.25) is 14.4 Å². The van der Waals surface area contributed by atoms with E-state index in [-0.39, 0.29) is 22.7 Å². The second-order valence-corrected chi connectivity index (χ2v) is 8.69. The molecule has 0 bridgehead atoms. The molecular weight excluding hydrogens is 428 g/mol. The fraction of sp³-hybridized carbons (Fsp3) is 0.179. The van der Waals surface area contributed by atoms with Crippen LogP contribution in [0, 0.1) is 0 Å². The van der Waals surface area contributed by atoms with Crippen LogP contribution >= 0.6 is 0 Å². The smallest absolute Gasteiger partial charge is 0.291 e. The molecule has 34 heavy (non-hydrogen) atoms. The number of hydrogen-bond donors (Lipinski definition) is 0. The molecule has 6 rings (SSSR count). The van der Waals surface area contributed by atoms with Crippen molar-refractivity contribution in [1.82, 2.24) is 4.90 Å². The van der Waals surface area contributed by atoms with E-state index in [4.69, 9.17) is 4.42 Å². The predicted octanol–water partition coefficient (Wildman–Crippen LogP) is 4.45. The molecule has 4 aromatic rings. The largest absolute Gasteiger partial charge is 0.450 e. The van der Waals surface area contributed by atoms with Crippen LogP contribution in [0.2, 0.25) is 0 Å². The van der Waals surface area contributed by atoms with Gasteiger partial charge in [-0.1, -0.05) is 67.6 Å². The number of benzene rings is 3. The van der Waals surface area contributed by atoms with Crippen LogP contribution in [-0.4, -0.2) is 23.3 Å². The molecule has 6 heteroatoms. The van der Waals surface area contributed by atoms with Crippen molar-refractivity contribution in [2.24, 2.45) is 0 Å². The van der Waals surface area contributed by atoms with Crippen LogP contribution in [0.5, 0.6) is 0 Å². The Morgan fingerprint density at radius 2 is 1.56 bits per heavy atom. The van der Waals surface area contributed by atoms with E-state index in [9.17, 15) is 14.4 Å². The summed E-state index contributed by atoms with van der Waals surface area (Å²) in [6, 6.07) is 24.0. The van der Waals surface area contributed by atoms with Gasteiger partial charge in [0.25, 0.3) is 11.8 Å². The quantitative estimate of drug-likeness (QED) is 0.461. The SMILES string of the molecule is CCCN1C(=O)c2oc3ccccc3c(=O)c2[C@@]12C(=O)N(Cc1ccccc1)c1ccccc12. The summed E-state index contributed by atoms with van der Waals surface area (Å²) in [7, 11) is 0. The maximum atomic E-state index is 14.4. The molecule has 1 aromatic heterocycles. The number of carbonyl (C=O) groups is 2. The lowest BCUT2D eigenvalue weighted by molar-refractivity contribution is -0.126. The Bertz CT molecular complexity index is 1520. The molecule has 2 aliphatic rings. The van der Waals surface area contributed by atoms with Crippen molar-refractivity contribution in [1.29, 1.82) is 0 Å². The Morgan fingerprint density at radius 3 is 2.35 bits per heavy atom. The number of fused-ring (bicyclic) bond motifs is 5. The molecule has 1 spiro atoms. The first-order valence-electron chi connectivity index (χ1n) is 11.4. The van der Waals surface area contributed by atoms with Gasteiger partial charge in [-0.05, 0) is 30.2 Å². The monoisotopic (exact) mass is 450 g/mol. The van der Waals surface area contributed by atoms with Gasteiger partial charge < -0.3 is 14.2 Å². The van der Waals surface area contributed by atoms with E-state index in [0.29, 0.717) is 41.7 Å². The molecule has 0 radical (unpaired) electrons. The molecule has 0 N–H and O–H groups in total. The topological polar surface area (TPSA) is 70.8 Å². The average Bonchev–Trinajstić information content (AvgIpc) is 3.25. The molecule has 0 aliphatic carbocycles. The number of carbonyl (C=O) groups excluding carboxylic acids is 2. The molecule has 0 saturated carbocycles. The molecule has 2 aliphatic heterocycles. The number of amides is 2. The van der Waals surface area contributed by atoms with Crippen LogP contribution in [0.25, 0.3) is 11.0 Å². The van der Waals surface area contributed by atoms with Crippen molar-refractivity contribution in [3.63, 3.8) is 0 Å². The van der Waals surface area contributed by atoms with Crippen molar-refractivity contribution in [3.05, 3.63) is 112 Å². The highest BCUT2D eigenvalue weighted by Gasteiger charge is 2.64. The van der Waals surface area contributed by atoms with Gasteiger partial charge in [0.2, 0.25) is 5.76 Å². The standard InChI is InChI=1S/C28H22N2O4/c1-2-16-30-26(32)25-23(24(31)19-12-6-9-15-22(19)34-25)28(30)20-13-7-8-14-21(20)29(27(28)33)17-18-10-4-3-5-11-18/h3-15H,2,16-17H2,1H3/t28-/m0/s1. The van der Waals surface area contributed by atoms with E-state index in [1.807, 2.05) is 61.5 Å². The summed E-state index contributed by atoms with van der Waals surface area (Å²) in [5, 5.41) is 0.360. The minimum absolute atomic E-state index is 0.0399. The van der Waals surface area contributed by atoms with Crippen LogP contribution in [-0.2, 0) is 16.9 Å². The number of anilines is 1. The van der Waals surface area contributed by atoms with Crippen LogP contribution < -0.4 is 10.3 Å². The summed E-state index contributed by atoms with van der Waals surface area (Å²) >= 11 is 0. The molecule has 0 saturated heterocycles. The van der Waals surface area contributed by atoms with E-state index in [2.05, 4.69) is 0 Å². The van der Waals surface area contributed by atoms with Crippen molar-refractivity contribution in [3.8, 4) is 0 Å². The molecule has 1 atom stereocenters. The van der Waals surface area contributed by atoms with E-state index in [1.165, 1.54) is 4.90 Å².